The molecule has 1 saturated carbocycles. The smallest absolute Gasteiger partial charge is 0.305 e. The highest BCUT2D eigenvalue weighted by atomic mass is 16.5. The molecule has 0 saturated heterocycles. The normalized spacial score (nSPS) is 20.3. The second kappa shape index (κ2) is 8.77. The SMILES string of the molecule is COc1ccc(C(CC(=O)O)N2C=C3C=c4ccccc4=CC3C2=O)cc1OC1CCCC1. The number of nitrogens with zero attached hydrogens (tertiary/aromatic N) is 1. The van der Waals surface area contributed by atoms with Crippen LogP contribution in [0.4, 0.5) is 0 Å². The number of hydrogen-bond acceptors (Lipinski definition) is 4. The number of carbonyl (C=O) groups excluding carboxylic acids is 1. The van der Waals surface area contributed by atoms with Crippen LogP contribution in [0.15, 0.2) is 54.2 Å². The Balaban J connectivity index is 1.51. The molecule has 0 spiro atoms. The van der Waals surface area contributed by atoms with Gasteiger partial charge in [0.1, 0.15) is 0 Å². The summed E-state index contributed by atoms with van der Waals surface area (Å²) in [6.07, 6.45) is 9.98. The van der Waals surface area contributed by atoms with Gasteiger partial charge in [0.25, 0.3) is 0 Å². The van der Waals surface area contributed by atoms with E-state index in [0.29, 0.717) is 17.1 Å². The van der Waals surface area contributed by atoms with Crippen molar-refractivity contribution in [3.63, 3.8) is 0 Å². The minimum atomic E-state index is -0.966. The van der Waals surface area contributed by atoms with Gasteiger partial charge in [0.15, 0.2) is 11.5 Å². The van der Waals surface area contributed by atoms with Crippen molar-refractivity contribution in [2.75, 3.05) is 7.11 Å². The molecule has 1 amide bonds. The number of aliphatic carboxylic acids is 1. The van der Waals surface area contributed by atoms with Crippen molar-refractivity contribution < 1.29 is 24.2 Å². The maximum absolute atomic E-state index is 13.4. The van der Waals surface area contributed by atoms with Gasteiger partial charge in [-0.25, -0.2) is 0 Å². The van der Waals surface area contributed by atoms with E-state index >= 15 is 0 Å². The lowest BCUT2D eigenvalue weighted by molar-refractivity contribution is -0.139. The van der Waals surface area contributed by atoms with Gasteiger partial charge in [0.2, 0.25) is 5.91 Å². The molecule has 2 aliphatic carbocycles. The van der Waals surface area contributed by atoms with Gasteiger partial charge in [0.05, 0.1) is 31.6 Å². The maximum atomic E-state index is 13.4. The highest BCUT2D eigenvalue weighted by Gasteiger charge is 2.37. The summed E-state index contributed by atoms with van der Waals surface area (Å²) in [6, 6.07) is 12.7. The van der Waals surface area contributed by atoms with Gasteiger partial charge in [-0.3, -0.25) is 9.59 Å². The molecular formula is C27H27NO5. The monoisotopic (exact) mass is 445 g/mol. The molecule has 1 heterocycles. The molecule has 170 valence electrons. The predicted octanol–water partition coefficient (Wildman–Crippen LogP) is 3.15. The number of benzene rings is 2. The lowest BCUT2D eigenvalue weighted by Gasteiger charge is -2.27. The van der Waals surface area contributed by atoms with Gasteiger partial charge in [-0.2, -0.15) is 0 Å². The highest BCUT2D eigenvalue weighted by Crippen LogP contribution is 2.39. The fourth-order valence-corrected chi connectivity index (χ4v) is 5.02. The number of ether oxygens (including phenoxy) is 2. The quantitative estimate of drug-likeness (QED) is 0.709. The highest BCUT2D eigenvalue weighted by molar-refractivity contribution is 5.95. The first-order valence-corrected chi connectivity index (χ1v) is 11.4. The summed E-state index contributed by atoms with van der Waals surface area (Å²) < 4.78 is 11.7. The van der Waals surface area contributed by atoms with E-state index < -0.39 is 17.9 Å². The van der Waals surface area contributed by atoms with Gasteiger partial charge in [-0.15, -0.1) is 0 Å². The van der Waals surface area contributed by atoms with Crippen molar-refractivity contribution in [3.8, 4) is 11.5 Å². The minimum Gasteiger partial charge on any atom is -0.493 e. The van der Waals surface area contributed by atoms with E-state index in [1.165, 1.54) is 0 Å². The number of hydrogen-bond donors (Lipinski definition) is 1. The average Bonchev–Trinajstić information content (AvgIpc) is 3.44. The van der Waals surface area contributed by atoms with Crippen LogP contribution in [0.3, 0.4) is 0 Å². The largest absolute Gasteiger partial charge is 0.493 e. The molecule has 0 radical (unpaired) electrons. The molecule has 6 nitrogen and oxygen atoms in total. The molecular weight excluding hydrogens is 418 g/mol. The molecule has 5 rings (SSSR count). The second-order valence-corrected chi connectivity index (χ2v) is 8.84. The second-order valence-electron chi connectivity index (χ2n) is 8.84. The minimum absolute atomic E-state index is 0.115. The van der Waals surface area contributed by atoms with Gasteiger partial charge in [0, 0.05) is 6.20 Å². The third-order valence-corrected chi connectivity index (χ3v) is 6.70. The van der Waals surface area contributed by atoms with Crippen molar-refractivity contribution in [2.45, 2.75) is 44.2 Å². The number of carbonyl (C=O) groups is 2. The van der Waals surface area contributed by atoms with Crippen LogP contribution in [0.5, 0.6) is 11.5 Å². The lowest BCUT2D eigenvalue weighted by Crippen LogP contribution is -2.34. The third kappa shape index (κ3) is 4.13. The van der Waals surface area contributed by atoms with E-state index in [2.05, 4.69) is 0 Å². The summed E-state index contributed by atoms with van der Waals surface area (Å²) in [4.78, 5) is 26.8. The van der Waals surface area contributed by atoms with Crippen LogP contribution in [-0.2, 0) is 9.59 Å². The zero-order chi connectivity index (χ0) is 22.9. The topological polar surface area (TPSA) is 76.1 Å². The Morgan fingerprint density at radius 2 is 1.88 bits per heavy atom. The zero-order valence-corrected chi connectivity index (χ0v) is 18.6. The molecule has 2 unspecified atom stereocenters. The van der Waals surface area contributed by atoms with Gasteiger partial charge < -0.3 is 19.5 Å². The van der Waals surface area contributed by atoms with Crippen molar-refractivity contribution >= 4 is 24.0 Å². The average molecular weight is 446 g/mol. The Bertz CT molecular complexity index is 1240. The molecule has 2 aromatic carbocycles. The maximum Gasteiger partial charge on any atom is 0.305 e. The molecule has 2 aromatic rings. The van der Waals surface area contributed by atoms with Crippen LogP contribution in [0, 0.1) is 5.92 Å². The van der Waals surface area contributed by atoms with E-state index in [4.69, 9.17) is 9.47 Å². The van der Waals surface area contributed by atoms with Gasteiger partial charge in [-0.05, 0) is 65.5 Å². The summed E-state index contributed by atoms with van der Waals surface area (Å²) in [5.41, 5.74) is 1.59. The zero-order valence-electron chi connectivity index (χ0n) is 18.6. The van der Waals surface area contributed by atoms with Gasteiger partial charge >= 0.3 is 5.97 Å². The molecule has 0 bridgehead atoms. The first-order chi connectivity index (χ1) is 16.0. The van der Waals surface area contributed by atoms with Crippen LogP contribution < -0.4 is 19.9 Å². The molecule has 2 atom stereocenters. The van der Waals surface area contributed by atoms with Crippen molar-refractivity contribution in [2.24, 2.45) is 5.92 Å². The Hall–Kier alpha value is -3.54. The molecule has 1 aliphatic heterocycles. The molecule has 6 heteroatoms. The number of fused-ring (bicyclic) bond motifs is 2. The summed E-state index contributed by atoms with van der Waals surface area (Å²) in [7, 11) is 1.59. The molecule has 1 fully saturated rings. The van der Waals surface area contributed by atoms with Gasteiger partial charge in [-0.1, -0.05) is 36.4 Å². The van der Waals surface area contributed by atoms with E-state index in [9.17, 15) is 14.7 Å². The third-order valence-electron chi connectivity index (χ3n) is 6.70. The van der Waals surface area contributed by atoms with Crippen LogP contribution in [0.2, 0.25) is 0 Å². The van der Waals surface area contributed by atoms with E-state index in [1.54, 1.807) is 24.3 Å². The number of amides is 1. The summed E-state index contributed by atoms with van der Waals surface area (Å²) >= 11 is 0. The molecule has 0 aromatic heterocycles. The Kier molecular flexibility index (Phi) is 5.67. The van der Waals surface area contributed by atoms with Crippen molar-refractivity contribution in [1.82, 2.24) is 4.90 Å². The number of methoxy groups -OCH3 is 1. The molecule has 33 heavy (non-hydrogen) atoms. The van der Waals surface area contributed by atoms with Crippen LogP contribution in [-0.4, -0.2) is 35.1 Å². The van der Waals surface area contributed by atoms with E-state index in [1.807, 2.05) is 48.6 Å². The molecule has 3 aliphatic rings. The van der Waals surface area contributed by atoms with Crippen LogP contribution >= 0.6 is 0 Å². The molecule has 1 N–H and O–H groups in total. The summed E-state index contributed by atoms with van der Waals surface area (Å²) in [5, 5.41) is 11.7. The van der Waals surface area contributed by atoms with E-state index in [-0.39, 0.29) is 18.4 Å². The first kappa shape index (κ1) is 21.3. The standard InChI is InChI=1S/C27H27NO5/c1-32-24-11-10-19(14-25(24)33-21-8-4-5-9-21)23(15-26(29)30)28-16-20-12-17-6-2-3-7-18(17)13-22(20)27(28)31/h2-3,6-7,10-14,16,21-23H,4-5,8-9,15H2,1H3,(H,29,30). The van der Waals surface area contributed by atoms with Crippen molar-refractivity contribution in [3.05, 3.63) is 70.2 Å². The van der Waals surface area contributed by atoms with E-state index in [0.717, 1.165) is 41.7 Å². The Labute approximate surface area is 192 Å². The Morgan fingerprint density at radius 1 is 1.12 bits per heavy atom. The number of carboxylic acid groups (broad SMARTS) is 1. The van der Waals surface area contributed by atoms with Crippen molar-refractivity contribution in [1.29, 1.82) is 0 Å². The lowest BCUT2D eigenvalue weighted by atomic mass is 9.94. The summed E-state index contributed by atoms with van der Waals surface area (Å²) in [6.45, 7) is 0. The fourth-order valence-electron chi connectivity index (χ4n) is 5.02. The van der Waals surface area contributed by atoms with Crippen LogP contribution in [0.25, 0.3) is 12.2 Å². The van der Waals surface area contributed by atoms with Crippen LogP contribution in [0.1, 0.15) is 43.7 Å². The first-order valence-electron chi connectivity index (χ1n) is 11.4. The predicted molar refractivity (Wildman–Crippen MR) is 124 cm³/mol. The number of carboxylic acids is 1. The summed E-state index contributed by atoms with van der Waals surface area (Å²) in [5.74, 6) is -0.276. The number of rotatable bonds is 7. The fraction of sp³-hybridized carbons (Fsp3) is 0.333. The Morgan fingerprint density at radius 3 is 2.61 bits per heavy atom.